The fraction of sp³-hybridized carbons (Fsp3) is 0.200. The molecule has 3 rings (SSSR count). The van der Waals surface area contributed by atoms with Crippen LogP contribution in [-0.2, 0) is 4.79 Å². The third-order valence-electron chi connectivity index (χ3n) is 4.27. The van der Waals surface area contributed by atoms with Crippen LogP contribution in [0.15, 0.2) is 59.8 Å². The average Bonchev–Trinajstić information content (AvgIpc) is 2.62. The van der Waals surface area contributed by atoms with Crippen molar-refractivity contribution < 1.29 is 9.53 Å². The van der Waals surface area contributed by atoms with Crippen molar-refractivity contribution in [3.8, 4) is 5.75 Å². The smallest absolute Gasteiger partial charge is 0.255 e. The Balaban J connectivity index is 1.97. The van der Waals surface area contributed by atoms with E-state index in [1.54, 1.807) is 7.11 Å². The van der Waals surface area contributed by atoms with Crippen LogP contribution in [0.25, 0.3) is 0 Å². The Morgan fingerprint density at radius 3 is 2.50 bits per heavy atom. The molecule has 3 N–H and O–H groups in total. The van der Waals surface area contributed by atoms with E-state index < -0.39 is 6.04 Å². The number of methoxy groups -OCH3 is 1. The number of thiocarbonyl (C=S) groups is 1. The third kappa shape index (κ3) is 3.70. The first-order valence-corrected chi connectivity index (χ1v) is 8.69. The number of nitrogens with one attached hydrogen (secondary N) is 3. The lowest BCUT2D eigenvalue weighted by atomic mass is 9.94. The average molecular weight is 367 g/mol. The second-order valence-electron chi connectivity index (χ2n) is 6.13. The Hall–Kier alpha value is -2.86. The van der Waals surface area contributed by atoms with Crippen LogP contribution in [0.2, 0.25) is 0 Å². The van der Waals surface area contributed by atoms with Gasteiger partial charge in [0.15, 0.2) is 5.11 Å². The van der Waals surface area contributed by atoms with Crippen LogP contribution in [0.4, 0.5) is 5.69 Å². The number of rotatable bonds is 4. The molecule has 2 aromatic rings. The van der Waals surface area contributed by atoms with Gasteiger partial charge < -0.3 is 20.7 Å². The molecule has 0 radical (unpaired) electrons. The lowest BCUT2D eigenvalue weighted by molar-refractivity contribution is -0.113. The summed E-state index contributed by atoms with van der Waals surface area (Å²) in [5.74, 6) is 0.507. The molecule has 0 aliphatic carbocycles. The van der Waals surface area contributed by atoms with Gasteiger partial charge in [-0.2, -0.15) is 0 Å². The Morgan fingerprint density at radius 1 is 1.12 bits per heavy atom. The van der Waals surface area contributed by atoms with Crippen LogP contribution < -0.4 is 20.7 Å². The number of hydrogen-bond donors (Lipinski definition) is 3. The van der Waals surface area contributed by atoms with Gasteiger partial charge in [0.25, 0.3) is 5.91 Å². The highest BCUT2D eigenvalue weighted by Crippen LogP contribution is 2.33. The molecule has 0 spiro atoms. The zero-order chi connectivity index (χ0) is 18.7. The molecule has 0 bridgehead atoms. The molecule has 1 aliphatic heterocycles. The van der Waals surface area contributed by atoms with Crippen LogP contribution in [0.5, 0.6) is 5.75 Å². The highest BCUT2D eigenvalue weighted by molar-refractivity contribution is 7.80. The number of amides is 1. The molecule has 0 aromatic heterocycles. The minimum absolute atomic E-state index is 0.190. The maximum atomic E-state index is 13.0. The number of anilines is 1. The van der Waals surface area contributed by atoms with Gasteiger partial charge in [0.1, 0.15) is 5.75 Å². The molecule has 6 heteroatoms. The monoisotopic (exact) mass is 367 g/mol. The number of benzene rings is 2. The van der Waals surface area contributed by atoms with E-state index in [1.165, 1.54) is 0 Å². The highest BCUT2D eigenvalue weighted by Gasteiger charge is 2.31. The zero-order valence-corrected chi connectivity index (χ0v) is 15.7. The van der Waals surface area contributed by atoms with E-state index in [2.05, 4.69) is 16.0 Å². The summed E-state index contributed by atoms with van der Waals surface area (Å²) < 4.78 is 5.47. The van der Waals surface area contributed by atoms with E-state index in [-0.39, 0.29) is 5.91 Å². The van der Waals surface area contributed by atoms with Crippen molar-refractivity contribution in [3.63, 3.8) is 0 Å². The number of aryl methyl sites for hydroxylation is 1. The first-order valence-electron chi connectivity index (χ1n) is 8.29. The Kier molecular flexibility index (Phi) is 5.23. The lowest BCUT2D eigenvalue weighted by Gasteiger charge is -2.31. The van der Waals surface area contributed by atoms with E-state index >= 15 is 0 Å². The van der Waals surface area contributed by atoms with E-state index in [9.17, 15) is 4.79 Å². The van der Waals surface area contributed by atoms with Crippen LogP contribution >= 0.6 is 12.2 Å². The maximum absolute atomic E-state index is 13.0. The third-order valence-corrected chi connectivity index (χ3v) is 4.49. The van der Waals surface area contributed by atoms with Gasteiger partial charge in [0.05, 0.1) is 18.7 Å². The number of carbonyl (C=O) groups excluding carboxylic acids is 1. The first kappa shape index (κ1) is 17.9. The molecule has 0 fully saturated rings. The number of para-hydroxylation sites is 1. The minimum Gasteiger partial charge on any atom is -0.496 e. The van der Waals surface area contributed by atoms with Crippen LogP contribution in [0.1, 0.15) is 24.1 Å². The largest absolute Gasteiger partial charge is 0.496 e. The van der Waals surface area contributed by atoms with Gasteiger partial charge in [-0.05, 0) is 44.3 Å². The van der Waals surface area contributed by atoms with Crippen molar-refractivity contribution in [3.05, 3.63) is 70.9 Å². The quantitative estimate of drug-likeness (QED) is 0.723. The van der Waals surface area contributed by atoms with Crippen molar-refractivity contribution in [1.29, 1.82) is 0 Å². The van der Waals surface area contributed by atoms with E-state index in [4.69, 9.17) is 17.0 Å². The molecule has 0 saturated carbocycles. The number of hydrogen-bond acceptors (Lipinski definition) is 3. The summed E-state index contributed by atoms with van der Waals surface area (Å²) in [5, 5.41) is 9.66. The summed E-state index contributed by atoms with van der Waals surface area (Å²) >= 11 is 5.29. The molecule has 0 saturated heterocycles. The Morgan fingerprint density at radius 2 is 1.81 bits per heavy atom. The molecule has 2 aromatic carbocycles. The summed E-state index contributed by atoms with van der Waals surface area (Å²) in [5.41, 5.74) is 4.02. The van der Waals surface area contributed by atoms with Crippen molar-refractivity contribution in [2.45, 2.75) is 19.9 Å². The maximum Gasteiger partial charge on any atom is 0.255 e. The lowest BCUT2D eigenvalue weighted by Crippen LogP contribution is -2.45. The number of carbonyl (C=O) groups is 1. The van der Waals surface area contributed by atoms with Crippen molar-refractivity contribution in [2.75, 3.05) is 12.4 Å². The Labute approximate surface area is 158 Å². The second-order valence-corrected chi connectivity index (χ2v) is 6.54. The van der Waals surface area contributed by atoms with Crippen LogP contribution in [0, 0.1) is 6.92 Å². The fourth-order valence-electron chi connectivity index (χ4n) is 2.97. The molecular formula is C20H21N3O2S. The highest BCUT2D eigenvalue weighted by atomic mass is 32.1. The normalized spacial score (nSPS) is 16.6. The predicted molar refractivity (Wildman–Crippen MR) is 107 cm³/mol. The van der Waals surface area contributed by atoms with Crippen LogP contribution in [-0.4, -0.2) is 18.1 Å². The van der Waals surface area contributed by atoms with Crippen LogP contribution in [0.3, 0.4) is 0 Å². The van der Waals surface area contributed by atoms with Crippen molar-refractivity contribution >= 4 is 28.9 Å². The molecule has 1 amide bonds. The number of ether oxygens (including phenoxy) is 1. The van der Waals surface area contributed by atoms with E-state index in [0.717, 1.165) is 16.8 Å². The molecule has 26 heavy (non-hydrogen) atoms. The van der Waals surface area contributed by atoms with Gasteiger partial charge >= 0.3 is 0 Å². The van der Waals surface area contributed by atoms with Gasteiger partial charge in [-0.25, -0.2) is 0 Å². The fourth-order valence-corrected chi connectivity index (χ4v) is 3.24. The summed E-state index contributed by atoms with van der Waals surface area (Å²) in [4.78, 5) is 13.0. The molecule has 1 heterocycles. The summed E-state index contributed by atoms with van der Waals surface area (Å²) in [6, 6.07) is 14.9. The Bertz CT molecular complexity index is 875. The van der Waals surface area contributed by atoms with E-state index in [1.807, 2.05) is 62.4 Å². The summed E-state index contributed by atoms with van der Waals surface area (Å²) in [7, 11) is 1.61. The summed E-state index contributed by atoms with van der Waals surface area (Å²) in [6.07, 6.45) is 0. The van der Waals surface area contributed by atoms with E-state index in [0.29, 0.717) is 22.1 Å². The standard InChI is InChI=1S/C20H21N3O2S/c1-12-8-10-14(11-9-12)22-19(24)17-13(2)21-20(26)23-18(17)15-6-4-5-7-16(15)25-3/h4-11,18H,1-3H3,(H,22,24)(H2,21,23,26)/t18-/m0/s1. The molecular weight excluding hydrogens is 346 g/mol. The molecule has 0 unspecified atom stereocenters. The van der Waals surface area contributed by atoms with Crippen molar-refractivity contribution in [2.24, 2.45) is 0 Å². The first-order chi connectivity index (χ1) is 12.5. The predicted octanol–water partition coefficient (Wildman–Crippen LogP) is 3.44. The van der Waals surface area contributed by atoms with Gasteiger partial charge in [0, 0.05) is 16.9 Å². The van der Waals surface area contributed by atoms with Gasteiger partial charge in [0.2, 0.25) is 0 Å². The van der Waals surface area contributed by atoms with Gasteiger partial charge in [-0.15, -0.1) is 0 Å². The van der Waals surface area contributed by atoms with Gasteiger partial charge in [-0.1, -0.05) is 35.9 Å². The minimum atomic E-state index is -0.398. The molecule has 5 nitrogen and oxygen atoms in total. The van der Waals surface area contributed by atoms with Crippen molar-refractivity contribution in [1.82, 2.24) is 10.6 Å². The molecule has 1 aliphatic rings. The zero-order valence-electron chi connectivity index (χ0n) is 14.9. The molecule has 134 valence electrons. The SMILES string of the molecule is COc1ccccc1[C@@H]1NC(=S)NC(C)=C1C(=O)Nc1ccc(C)cc1. The topological polar surface area (TPSA) is 62.4 Å². The molecule has 1 atom stereocenters. The second kappa shape index (κ2) is 7.58. The van der Waals surface area contributed by atoms with Gasteiger partial charge in [-0.3, -0.25) is 4.79 Å². The number of allylic oxidation sites excluding steroid dienone is 1. The summed E-state index contributed by atoms with van der Waals surface area (Å²) in [6.45, 7) is 3.85.